The third-order valence-corrected chi connectivity index (χ3v) is 6.80. The summed E-state index contributed by atoms with van der Waals surface area (Å²) in [6, 6.07) is 9.40. The molecule has 3 nitrogen and oxygen atoms in total. The van der Waals surface area contributed by atoms with E-state index in [-0.39, 0.29) is 0 Å². The van der Waals surface area contributed by atoms with Crippen molar-refractivity contribution in [1.82, 2.24) is 4.48 Å². The van der Waals surface area contributed by atoms with Crippen LogP contribution in [0.25, 0.3) is 5.57 Å². The minimum atomic E-state index is -4.01. The number of nitrogens with zero attached hydrogens (tertiary/aromatic N) is 3. The lowest BCUT2D eigenvalue weighted by molar-refractivity contribution is -0.363. The molecular formula is C24H26BF2N3. The molecule has 1 aromatic heterocycles. The highest BCUT2D eigenvalue weighted by atomic mass is 19.2. The van der Waals surface area contributed by atoms with Crippen LogP contribution in [0.15, 0.2) is 41.1 Å². The first-order valence-corrected chi connectivity index (χ1v) is 10.5. The average molecular weight is 405 g/mol. The lowest BCUT2D eigenvalue weighted by Crippen LogP contribution is -2.51. The SMILES string of the molecule is CCC1=C(C)C2=C(c3ccc(C#N)cc3)c3c(C)c(CC)c(C)n3[B-](F)(F)[N+]2=C1C. The monoisotopic (exact) mass is 405 g/mol. The maximum atomic E-state index is 16.1. The van der Waals surface area contributed by atoms with Gasteiger partial charge in [-0.3, -0.25) is 0 Å². The van der Waals surface area contributed by atoms with Gasteiger partial charge in [-0.1, -0.05) is 26.0 Å². The maximum Gasteiger partial charge on any atom is 0.737 e. The minimum Gasteiger partial charge on any atom is -0.393 e. The molecule has 30 heavy (non-hydrogen) atoms. The Labute approximate surface area is 176 Å². The van der Waals surface area contributed by atoms with Crippen molar-refractivity contribution >= 4 is 18.3 Å². The van der Waals surface area contributed by atoms with Gasteiger partial charge in [-0.15, -0.1) is 0 Å². The molecule has 1 aromatic carbocycles. The van der Waals surface area contributed by atoms with Crippen LogP contribution in [-0.2, 0) is 6.42 Å². The molecule has 0 saturated heterocycles. The molecule has 6 heteroatoms. The van der Waals surface area contributed by atoms with Crippen LogP contribution in [0.3, 0.4) is 0 Å². The molecule has 0 amide bonds. The number of fused-ring (bicyclic) bond motifs is 2. The van der Waals surface area contributed by atoms with E-state index in [1.165, 1.54) is 8.96 Å². The van der Waals surface area contributed by atoms with E-state index in [2.05, 4.69) is 6.07 Å². The van der Waals surface area contributed by atoms with Gasteiger partial charge in [-0.2, -0.15) is 5.26 Å². The summed E-state index contributed by atoms with van der Waals surface area (Å²) >= 11 is 0. The Balaban J connectivity index is 2.20. The van der Waals surface area contributed by atoms with Gasteiger partial charge in [0.05, 0.1) is 17.2 Å². The topological polar surface area (TPSA) is 31.7 Å². The van der Waals surface area contributed by atoms with Crippen LogP contribution in [0.2, 0.25) is 0 Å². The van der Waals surface area contributed by atoms with E-state index in [1.54, 1.807) is 26.0 Å². The fourth-order valence-corrected chi connectivity index (χ4v) is 5.46. The molecule has 0 bridgehead atoms. The van der Waals surface area contributed by atoms with Gasteiger partial charge in [0.1, 0.15) is 5.71 Å². The molecule has 4 rings (SSSR count). The van der Waals surface area contributed by atoms with E-state index in [9.17, 15) is 5.26 Å². The number of hydrogen-bond acceptors (Lipinski definition) is 1. The summed E-state index contributed by atoms with van der Waals surface area (Å²) in [6.07, 6.45) is 1.41. The van der Waals surface area contributed by atoms with Gasteiger partial charge in [-0.25, -0.2) is 0 Å². The molecule has 0 aliphatic carbocycles. The lowest BCUT2D eigenvalue weighted by atomic mass is 9.83. The Kier molecular flexibility index (Phi) is 4.61. The lowest BCUT2D eigenvalue weighted by Gasteiger charge is -2.34. The second-order valence-electron chi connectivity index (χ2n) is 8.17. The van der Waals surface area contributed by atoms with Crippen molar-refractivity contribution in [2.24, 2.45) is 0 Å². The summed E-state index contributed by atoms with van der Waals surface area (Å²) in [5.74, 6) is 0. The zero-order chi connectivity index (χ0) is 22.0. The van der Waals surface area contributed by atoms with E-state index in [4.69, 9.17) is 0 Å². The van der Waals surface area contributed by atoms with E-state index >= 15 is 8.63 Å². The normalized spacial score (nSPS) is 17.4. The fraction of sp³-hybridized carbons (Fsp3) is 0.333. The van der Waals surface area contributed by atoms with Crippen molar-refractivity contribution < 1.29 is 13.1 Å². The highest BCUT2D eigenvalue weighted by Crippen LogP contribution is 2.47. The Hall–Kier alpha value is -2.94. The first kappa shape index (κ1) is 20.3. The van der Waals surface area contributed by atoms with Crippen molar-refractivity contribution in [3.63, 3.8) is 0 Å². The number of benzene rings is 1. The van der Waals surface area contributed by atoms with Crippen LogP contribution in [-0.4, -0.2) is 21.6 Å². The van der Waals surface area contributed by atoms with E-state index in [0.29, 0.717) is 41.2 Å². The Morgan fingerprint density at radius 2 is 1.67 bits per heavy atom. The molecule has 0 radical (unpaired) electrons. The van der Waals surface area contributed by atoms with Gasteiger partial charge in [0.15, 0.2) is 5.70 Å². The molecule has 2 aromatic rings. The second kappa shape index (κ2) is 6.80. The second-order valence-corrected chi connectivity index (χ2v) is 8.17. The number of hydrogen-bond donors (Lipinski definition) is 0. The average Bonchev–Trinajstić information content (AvgIpc) is 3.13. The van der Waals surface area contributed by atoms with Crippen molar-refractivity contribution in [2.45, 2.75) is 54.4 Å². The predicted octanol–water partition coefficient (Wildman–Crippen LogP) is 5.75. The van der Waals surface area contributed by atoms with Crippen LogP contribution >= 0.6 is 0 Å². The third kappa shape index (κ3) is 2.44. The summed E-state index contributed by atoms with van der Waals surface area (Å²) in [5.41, 5.74) is 8.51. The summed E-state index contributed by atoms with van der Waals surface area (Å²) in [4.78, 5) is 0. The van der Waals surface area contributed by atoms with Crippen LogP contribution in [0, 0.1) is 25.2 Å². The predicted molar refractivity (Wildman–Crippen MR) is 118 cm³/mol. The fourth-order valence-electron chi connectivity index (χ4n) is 5.46. The van der Waals surface area contributed by atoms with Gasteiger partial charge < -0.3 is 17.6 Å². The minimum absolute atomic E-state index is 0.555. The van der Waals surface area contributed by atoms with Crippen LogP contribution < -0.4 is 0 Å². The number of rotatable bonds is 3. The molecular weight excluding hydrogens is 379 g/mol. The zero-order valence-corrected chi connectivity index (χ0v) is 18.4. The molecule has 3 heterocycles. The van der Waals surface area contributed by atoms with Crippen molar-refractivity contribution in [1.29, 1.82) is 5.26 Å². The number of halogens is 2. The molecule has 0 unspecified atom stereocenters. The molecule has 0 fully saturated rings. The molecule has 2 aliphatic heterocycles. The standard InChI is InChI=1S/C24H26BF2N3/c1-7-20-14(3)23-22(19-11-9-18(13-28)10-12-19)24-15(4)21(8-2)17(6)30(24)25(26,27)29(23)16(20)5/h9-12H,7-8H2,1-6H3. The molecule has 0 atom stereocenters. The Morgan fingerprint density at radius 1 is 1.03 bits per heavy atom. The van der Waals surface area contributed by atoms with Crippen LogP contribution in [0.4, 0.5) is 8.63 Å². The van der Waals surface area contributed by atoms with Gasteiger partial charge >= 0.3 is 6.97 Å². The summed E-state index contributed by atoms with van der Waals surface area (Å²) in [6.45, 7) is 7.54. The van der Waals surface area contributed by atoms with E-state index in [0.717, 1.165) is 33.4 Å². The largest absolute Gasteiger partial charge is 0.737 e. The quantitative estimate of drug-likeness (QED) is 0.599. The Morgan fingerprint density at radius 3 is 2.20 bits per heavy atom. The summed E-state index contributed by atoms with van der Waals surface area (Å²) in [7, 11) is 0. The Bertz CT molecular complexity index is 1220. The summed E-state index contributed by atoms with van der Waals surface area (Å²) in [5, 5.41) is 9.19. The van der Waals surface area contributed by atoms with Gasteiger partial charge in [0, 0.05) is 23.8 Å². The molecule has 0 spiro atoms. The van der Waals surface area contributed by atoms with E-state index in [1.807, 2.05) is 39.8 Å². The van der Waals surface area contributed by atoms with Crippen molar-refractivity contribution in [2.75, 3.05) is 0 Å². The first-order chi connectivity index (χ1) is 14.2. The van der Waals surface area contributed by atoms with Crippen molar-refractivity contribution in [3.05, 3.63) is 74.8 Å². The molecule has 2 aliphatic rings. The van der Waals surface area contributed by atoms with Crippen LogP contribution in [0.1, 0.15) is 67.8 Å². The third-order valence-electron chi connectivity index (χ3n) is 6.80. The van der Waals surface area contributed by atoms with Crippen LogP contribution in [0.5, 0.6) is 0 Å². The van der Waals surface area contributed by atoms with E-state index < -0.39 is 6.97 Å². The van der Waals surface area contributed by atoms with Gasteiger partial charge in [0.2, 0.25) is 0 Å². The van der Waals surface area contributed by atoms with Crippen molar-refractivity contribution in [3.8, 4) is 6.07 Å². The number of nitriles is 1. The highest BCUT2D eigenvalue weighted by Gasteiger charge is 2.56. The molecule has 0 saturated carbocycles. The van der Waals surface area contributed by atoms with Gasteiger partial charge in [0.25, 0.3) is 0 Å². The molecule has 154 valence electrons. The maximum absolute atomic E-state index is 16.1. The highest BCUT2D eigenvalue weighted by molar-refractivity contribution is 6.58. The smallest absolute Gasteiger partial charge is 0.393 e. The van der Waals surface area contributed by atoms with Gasteiger partial charge in [-0.05, 0) is 68.1 Å². The molecule has 0 N–H and O–H groups in total. The zero-order valence-electron chi connectivity index (χ0n) is 18.4. The first-order valence-electron chi connectivity index (χ1n) is 10.5. The number of aromatic nitrogens is 1. The number of allylic oxidation sites excluding steroid dienone is 2. The summed E-state index contributed by atoms with van der Waals surface area (Å²) < 4.78 is 34.8.